The Labute approximate surface area is 112 Å². The molecular weight excluding hydrogens is 269 g/mol. The van der Waals surface area contributed by atoms with Gasteiger partial charge in [-0.05, 0) is 43.5 Å². The molecule has 1 N–H and O–H groups in total. The lowest BCUT2D eigenvalue weighted by Crippen LogP contribution is -2.37. The molecule has 0 unspecified atom stereocenters. The average molecular weight is 285 g/mol. The molecule has 1 aliphatic carbocycles. The maximum atomic E-state index is 13.0. The highest BCUT2D eigenvalue weighted by Gasteiger charge is 2.25. The Morgan fingerprint density at radius 2 is 1.89 bits per heavy atom. The van der Waals surface area contributed by atoms with Crippen LogP contribution in [0.1, 0.15) is 31.2 Å². The normalized spacial score (nSPS) is 17.7. The van der Waals surface area contributed by atoms with Gasteiger partial charge in [-0.25, -0.2) is 17.5 Å². The van der Waals surface area contributed by atoms with Crippen LogP contribution in [0.2, 0.25) is 0 Å². The first-order chi connectivity index (χ1) is 8.88. The first-order valence-corrected chi connectivity index (χ1v) is 7.67. The van der Waals surface area contributed by atoms with Crippen LogP contribution >= 0.6 is 0 Å². The van der Waals surface area contributed by atoms with Crippen LogP contribution in [0.4, 0.5) is 4.39 Å². The van der Waals surface area contributed by atoms with Gasteiger partial charge in [0.05, 0.1) is 4.90 Å². The lowest BCUT2D eigenvalue weighted by atomic mass is 9.95. The lowest BCUT2D eigenvalue weighted by Gasteiger charge is -2.22. The average Bonchev–Trinajstić information content (AvgIpc) is 2.31. The fraction of sp³-hybridized carbons (Fsp3) is 0.462. The van der Waals surface area contributed by atoms with Crippen molar-refractivity contribution >= 4 is 15.8 Å². The van der Waals surface area contributed by atoms with Crippen molar-refractivity contribution in [3.63, 3.8) is 0 Å². The minimum atomic E-state index is -3.65. The number of hydrogen-bond acceptors (Lipinski definition) is 3. The fourth-order valence-electron chi connectivity index (χ4n) is 2.25. The van der Waals surface area contributed by atoms with Gasteiger partial charge in [0.1, 0.15) is 11.6 Å². The highest BCUT2D eigenvalue weighted by Crippen LogP contribution is 2.20. The van der Waals surface area contributed by atoms with E-state index in [4.69, 9.17) is 0 Å². The van der Waals surface area contributed by atoms with Crippen LogP contribution in [-0.2, 0) is 14.8 Å². The zero-order chi connectivity index (χ0) is 14.0. The van der Waals surface area contributed by atoms with Gasteiger partial charge in [0, 0.05) is 18.9 Å². The van der Waals surface area contributed by atoms with Gasteiger partial charge in [0.25, 0.3) is 0 Å². The van der Waals surface area contributed by atoms with Crippen molar-refractivity contribution in [2.24, 2.45) is 0 Å². The molecule has 0 aromatic heterocycles. The van der Waals surface area contributed by atoms with Crippen LogP contribution in [0, 0.1) is 12.7 Å². The van der Waals surface area contributed by atoms with E-state index in [1.54, 1.807) is 6.92 Å². The lowest BCUT2D eigenvalue weighted by molar-refractivity contribution is -0.120. The van der Waals surface area contributed by atoms with Crippen molar-refractivity contribution in [3.8, 4) is 0 Å². The second-order valence-electron chi connectivity index (χ2n) is 4.84. The summed E-state index contributed by atoms with van der Waals surface area (Å²) in [6.07, 6.45) is 1.88. The van der Waals surface area contributed by atoms with Crippen LogP contribution in [0.5, 0.6) is 0 Å². The van der Waals surface area contributed by atoms with E-state index >= 15 is 0 Å². The van der Waals surface area contributed by atoms with Crippen LogP contribution < -0.4 is 4.72 Å². The van der Waals surface area contributed by atoms with Gasteiger partial charge in [-0.2, -0.15) is 0 Å². The van der Waals surface area contributed by atoms with Gasteiger partial charge < -0.3 is 0 Å². The number of hydrogen-bond donors (Lipinski definition) is 1. The van der Waals surface area contributed by atoms with Crippen LogP contribution in [0.25, 0.3) is 0 Å². The molecule has 19 heavy (non-hydrogen) atoms. The summed E-state index contributed by atoms with van der Waals surface area (Å²) < 4.78 is 40.0. The molecule has 0 amide bonds. The van der Waals surface area contributed by atoms with E-state index in [1.165, 1.54) is 12.1 Å². The predicted octanol–water partition coefficient (Wildman–Crippen LogP) is 1.92. The van der Waals surface area contributed by atoms with E-state index in [2.05, 4.69) is 4.72 Å². The largest absolute Gasteiger partial charge is 0.300 e. The number of ketones is 1. The number of Topliss-reactive ketones (excluding diaryl/α,β-unsaturated/α-hetero) is 1. The summed E-state index contributed by atoms with van der Waals surface area (Å²) in [4.78, 5) is 11.2. The molecule has 0 bridgehead atoms. The molecule has 1 saturated carbocycles. The molecule has 0 radical (unpaired) electrons. The van der Waals surface area contributed by atoms with Crippen molar-refractivity contribution in [3.05, 3.63) is 29.6 Å². The Bertz CT molecular complexity index is 588. The van der Waals surface area contributed by atoms with Crippen molar-refractivity contribution in [1.82, 2.24) is 4.72 Å². The summed E-state index contributed by atoms with van der Waals surface area (Å²) in [7, 11) is -3.65. The van der Waals surface area contributed by atoms with E-state index in [0.29, 0.717) is 31.2 Å². The topological polar surface area (TPSA) is 63.2 Å². The Hall–Kier alpha value is -1.27. The van der Waals surface area contributed by atoms with E-state index in [-0.39, 0.29) is 16.7 Å². The Morgan fingerprint density at radius 1 is 1.26 bits per heavy atom. The molecular formula is C13H16FNO3S. The number of carbonyl (C=O) groups is 1. The summed E-state index contributed by atoms with van der Waals surface area (Å²) in [6.45, 7) is 1.56. The highest BCUT2D eigenvalue weighted by molar-refractivity contribution is 7.89. The molecule has 4 nitrogen and oxygen atoms in total. The quantitative estimate of drug-likeness (QED) is 0.923. The van der Waals surface area contributed by atoms with E-state index in [9.17, 15) is 17.6 Å². The Morgan fingerprint density at radius 3 is 2.47 bits per heavy atom. The molecule has 2 rings (SSSR count). The van der Waals surface area contributed by atoms with Gasteiger partial charge in [-0.3, -0.25) is 4.79 Å². The van der Waals surface area contributed by atoms with E-state index < -0.39 is 15.8 Å². The van der Waals surface area contributed by atoms with Gasteiger partial charge in [0.2, 0.25) is 10.0 Å². The second-order valence-corrected chi connectivity index (χ2v) is 6.53. The second kappa shape index (κ2) is 5.38. The maximum Gasteiger partial charge on any atom is 0.241 e. The number of nitrogens with one attached hydrogen (secondary N) is 1. The minimum Gasteiger partial charge on any atom is -0.300 e. The van der Waals surface area contributed by atoms with Gasteiger partial charge in [-0.1, -0.05) is 0 Å². The summed E-state index contributed by atoms with van der Waals surface area (Å²) >= 11 is 0. The van der Waals surface area contributed by atoms with Gasteiger partial charge in [0.15, 0.2) is 0 Å². The Balaban J connectivity index is 2.16. The summed E-state index contributed by atoms with van der Waals surface area (Å²) in [6, 6.07) is 3.37. The molecule has 1 fully saturated rings. The van der Waals surface area contributed by atoms with Gasteiger partial charge >= 0.3 is 0 Å². The summed E-state index contributed by atoms with van der Waals surface area (Å²) in [5.74, 6) is -0.284. The third-order valence-corrected chi connectivity index (χ3v) is 4.97. The molecule has 0 spiro atoms. The van der Waals surface area contributed by atoms with Crippen molar-refractivity contribution < 1.29 is 17.6 Å². The van der Waals surface area contributed by atoms with E-state index in [0.717, 1.165) is 6.07 Å². The number of aryl methyl sites for hydroxylation is 1. The first-order valence-electron chi connectivity index (χ1n) is 6.19. The van der Waals surface area contributed by atoms with Crippen LogP contribution in [0.15, 0.2) is 23.1 Å². The smallest absolute Gasteiger partial charge is 0.241 e. The van der Waals surface area contributed by atoms with Crippen molar-refractivity contribution in [2.45, 2.75) is 43.5 Å². The number of halogens is 1. The molecule has 0 atom stereocenters. The Kier molecular flexibility index (Phi) is 4.01. The SMILES string of the molecule is Cc1cc(F)ccc1S(=O)(=O)NC1CCC(=O)CC1. The van der Waals surface area contributed by atoms with Crippen molar-refractivity contribution in [1.29, 1.82) is 0 Å². The first kappa shape index (κ1) is 14.1. The molecule has 0 aliphatic heterocycles. The minimum absolute atomic E-state index is 0.0887. The summed E-state index contributed by atoms with van der Waals surface area (Å²) in [5, 5.41) is 0. The molecule has 6 heteroatoms. The zero-order valence-electron chi connectivity index (χ0n) is 10.6. The zero-order valence-corrected chi connectivity index (χ0v) is 11.5. The van der Waals surface area contributed by atoms with Crippen LogP contribution in [0.3, 0.4) is 0 Å². The molecule has 1 aromatic carbocycles. The molecule has 0 heterocycles. The molecule has 1 aromatic rings. The van der Waals surface area contributed by atoms with E-state index in [1.807, 2.05) is 0 Å². The molecule has 104 valence electrons. The standard InChI is InChI=1S/C13H16FNO3S/c1-9-8-10(14)2-7-13(9)19(17,18)15-11-3-5-12(16)6-4-11/h2,7-8,11,15H,3-6H2,1H3. The maximum absolute atomic E-state index is 13.0. The number of sulfonamides is 1. The van der Waals surface area contributed by atoms with Crippen molar-refractivity contribution in [2.75, 3.05) is 0 Å². The fourth-order valence-corrected chi connectivity index (χ4v) is 3.79. The molecule has 1 aliphatic rings. The third-order valence-electron chi connectivity index (χ3n) is 3.29. The highest BCUT2D eigenvalue weighted by atomic mass is 32.2. The number of carbonyl (C=O) groups excluding carboxylic acids is 1. The third kappa shape index (κ3) is 3.39. The predicted molar refractivity (Wildman–Crippen MR) is 68.7 cm³/mol. The van der Waals surface area contributed by atoms with Gasteiger partial charge in [-0.15, -0.1) is 0 Å². The number of rotatable bonds is 3. The summed E-state index contributed by atoms with van der Waals surface area (Å²) in [5.41, 5.74) is 0.374. The number of benzene rings is 1. The molecule has 0 saturated heterocycles. The monoisotopic (exact) mass is 285 g/mol. The van der Waals surface area contributed by atoms with Crippen LogP contribution in [-0.4, -0.2) is 20.2 Å².